The average Bonchev–Trinajstić information content (AvgIpc) is 2.54. The van der Waals surface area contributed by atoms with Gasteiger partial charge in [-0.3, -0.25) is 19.5 Å². The van der Waals surface area contributed by atoms with Crippen LogP contribution in [0.5, 0.6) is 0 Å². The van der Waals surface area contributed by atoms with Crippen LogP contribution in [0.2, 0.25) is 0 Å². The van der Waals surface area contributed by atoms with Crippen LogP contribution >= 0.6 is 11.8 Å². The van der Waals surface area contributed by atoms with Crippen molar-refractivity contribution in [3.63, 3.8) is 0 Å². The molecule has 6 nitrogen and oxygen atoms in total. The van der Waals surface area contributed by atoms with Crippen molar-refractivity contribution in [2.75, 3.05) is 0 Å². The third-order valence-corrected chi connectivity index (χ3v) is 4.27. The summed E-state index contributed by atoms with van der Waals surface area (Å²) in [5, 5.41) is 10.6. The van der Waals surface area contributed by atoms with Crippen LogP contribution in [0.25, 0.3) is 0 Å². The van der Waals surface area contributed by atoms with Gasteiger partial charge in [0.15, 0.2) is 10.9 Å². The third kappa shape index (κ3) is 4.81. The molecule has 1 aromatic carbocycles. The smallest absolute Gasteiger partial charge is 0.288 e. The second-order valence-corrected chi connectivity index (χ2v) is 6.07. The maximum atomic E-state index is 12.9. The molecule has 0 radical (unpaired) electrons. The van der Waals surface area contributed by atoms with E-state index in [0.717, 1.165) is 11.8 Å². The van der Waals surface area contributed by atoms with Gasteiger partial charge in [-0.1, -0.05) is 30.8 Å². The molecule has 0 aliphatic rings. The van der Waals surface area contributed by atoms with Gasteiger partial charge in [-0.25, -0.2) is 4.98 Å². The van der Waals surface area contributed by atoms with E-state index in [4.69, 9.17) is 0 Å². The molecular weight excluding hydrogens is 359 g/mol. The largest absolute Gasteiger partial charge is 0.433 e. The van der Waals surface area contributed by atoms with E-state index in [9.17, 15) is 28.1 Å². The normalized spacial score (nSPS) is 11.5. The fourth-order valence-electron chi connectivity index (χ4n) is 2.03. The van der Waals surface area contributed by atoms with Gasteiger partial charge in [0.2, 0.25) is 0 Å². The zero-order chi connectivity index (χ0) is 18.6. The lowest BCUT2D eigenvalue weighted by Crippen LogP contribution is -2.26. The van der Waals surface area contributed by atoms with Crippen molar-refractivity contribution in [1.82, 2.24) is 9.55 Å². The van der Waals surface area contributed by atoms with Crippen molar-refractivity contribution in [2.45, 2.75) is 37.0 Å². The topological polar surface area (TPSA) is 78.0 Å². The van der Waals surface area contributed by atoms with Gasteiger partial charge < -0.3 is 0 Å². The lowest BCUT2D eigenvalue weighted by molar-refractivity contribution is -0.384. The van der Waals surface area contributed by atoms with Gasteiger partial charge >= 0.3 is 6.18 Å². The monoisotopic (exact) mass is 373 g/mol. The number of rotatable bonds is 6. The second-order valence-electron chi connectivity index (χ2n) is 5.12. The van der Waals surface area contributed by atoms with Crippen LogP contribution in [-0.4, -0.2) is 14.5 Å². The molecule has 0 bridgehead atoms. The Labute approximate surface area is 144 Å². The highest BCUT2D eigenvalue weighted by atomic mass is 32.2. The highest BCUT2D eigenvalue weighted by Gasteiger charge is 2.34. The van der Waals surface area contributed by atoms with Crippen molar-refractivity contribution in [2.24, 2.45) is 0 Å². The van der Waals surface area contributed by atoms with Crippen molar-refractivity contribution in [3.05, 3.63) is 62.1 Å². The van der Waals surface area contributed by atoms with Crippen LogP contribution in [0.15, 0.2) is 40.3 Å². The van der Waals surface area contributed by atoms with Crippen LogP contribution in [0, 0.1) is 10.1 Å². The molecule has 25 heavy (non-hydrogen) atoms. The van der Waals surface area contributed by atoms with E-state index in [1.165, 1.54) is 28.8 Å². The van der Waals surface area contributed by atoms with Gasteiger partial charge in [0.05, 0.1) is 4.92 Å². The molecule has 2 aromatic rings. The maximum Gasteiger partial charge on any atom is 0.433 e. The average molecular weight is 373 g/mol. The van der Waals surface area contributed by atoms with Crippen molar-refractivity contribution in [3.8, 4) is 0 Å². The van der Waals surface area contributed by atoms with E-state index >= 15 is 0 Å². The van der Waals surface area contributed by atoms with Crippen molar-refractivity contribution < 1.29 is 18.1 Å². The summed E-state index contributed by atoms with van der Waals surface area (Å²) < 4.78 is 39.8. The lowest BCUT2D eigenvalue weighted by atomic mass is 10.2. The first-order valence-corrected chi connectivity index (χ1v) is 8.26. The quantitative estimate of drug-likeness (QED) is 0.332. The summed E-state index contributed by atoms with van der Waals surface area (Å²) in [4.78, 5) is 25.6. The van der Waals surface area contributed by atoms with Crippen LogP contribution in [0.4, 0.5) is 18.9 Å². The number of nitro benzene ring substituents is 1. The molecular formula is C15H14F3N3O3S. The number of aromatic nitrogens is 2. The molecule has 0 saturated heterocycles. The molecule has 0 N–H and O–H groups in total. The van der Waals surface area contributed by atoms with E-state index in [2.05, 4.69) is 4.98 Å². The van der Waals surface area contributed by atoms with Crippen molar-refractivity contribution >= 4 is 17.4 Å². The van der Waals surface area contributed by atoms with E-state index < -0.39 is 22.4 Å². The third-order valence-electron chi connectivity index (χ3n) is 3.23. The molecule has 1 aromatic heterocycles. The van der Waals surface area contributed by atoms with E-state index in [-0.39, 0.29) is 23.1 Å². The molecule has 0 saturated carbocycles. The molecule has 0 amide bonds. The summed E-state index contributed by atoms with van der Waals surface area (Å²) in [6, 6.07) is 6.15. The molecule has 134 valence electrons. The number of nitrogens with zero attached hydrogens (tertiary/aromatic N) is 3. The van der Waals surface area contributed by atoms with Gasteiger partial charge in [-0.15, -0.1) is 0 Å². The first-order chi connectivity index (χ1) is 11.7. The number of nitro groups is 1. The Morgan fingerprint density at radius 1 is 1.28 bits per heavy atom. The van der Waals surface area contributed by atoms with Gasteiger partial charge in [-0.2, -0.15) is 13.2 Å². The van der Waals surface area contributed by atoms with Crippen LogP contribution < -0.4 is 5.56 Å². The Morgan fingerprint density at radius 2 is 1.92 bits per heavy atom. The van der Waals surface area contributed by atoms with Gasteiger partial charge in [0.1, 0.15) is 0 Å². The highest BCUT2D eigenvalue weighted by molar-refractivity contribution is 7.98. The summed E-state index contributed by atoms with van der Waals surface area (Å²) in [5.41, 5.74) is -1.38. The Kier molecular flexibility index (Phi) is 5.83. The molecule has 0 unspecified atom stereocenters. The van der Waals surface area contributed by atoms with Gasteiger partial charge in [0.25, 0.3) is 11.2 Å². The number of non-ortho nitro benzene ring substituents is 1. The van der Waals surface area contributed by atoms with E-state index in [1.54, 1.807) is 6.92 Å². The zero-order valence-corrected chi connectivity index (χ0v) is 13.9. The second kappa shape index (κ2) is 7.68. The van der Waals surface area contributed by atoms with E-state index in [1.807, 2.05) is 0 Å². The fraction of sp³-hybridized carbons (Fsp3) is 0.333. The first kappa shape index (κ1) is 19.0. The minimum Gasteiger partial charge on any atom is -0.288 e. The van der Waals surface area contributed by atoms with Crippen LogP contribution in [0.1, 0.15) is 24.6 Å². The zero-order valence-electron chi connectivity index (χ0n) is 13.1. The van der Waals surface area contributed by atoms with Gasteiger partial charge in [-0.05, 0) is 12.0 Å². The predicted octanol–water partition coefficient (Wildman–Crippen LogP) is 3.87. The Bertz CT molecular complexity index is 819. The molecule has 0 aliphatic carbocycles. The summed E-state index contributed by atoms with van der Waals surface area (Å²) in [5.74, 6) is 0.232. The first-order valence-electron chi connectivity index (χ1n) is 7.27. The molecule has 2 rings (SSSR count). The standard InChI is InChI=1S/C15H14F3N3O3S/c1-2-7-20-13(22)8-12(15(16,17)18)19-14(20)25-9-10-3-5-11(6-4-10)21(23)24/h3-6,8H,2,7,9H2,1H3. The molecule has 0 atom stereocenters. The summed E-state index contributed by atoms with van der Waals surface area (Å²) in [6.07, 6.45) is -4.13. The van der Waals surface area contributed by atoms with Crippen LogP contribution in [0.3, 0.4) is 0 Å². The fourth-order valence-corrected chi connectivity index (χ4v) is 3.02. The Hall–Kier alpha value is -2.36. The minimum absolute atomic E-state index is 0.0278. The summed E-state index contributed by atoms with van der Waals surface area (Å²) in [6.45, 7) is 2.06. The number of halogens is 3. The van der Waals surface area contributed by atoms with Gasteiger partial charge in [0, 0.05) is 30.5 Å². The van der Waals surface area contributed by atoms with Crippen molar-refractivity contribution in [1.29, 1.82) is 0 Å². The Morgan fingerprint density at radius 3 is 2.44 bits per heavy atom. The molecule has 0 fully saturated rings. The number of benzene rings is 1. The summed E-state index contributed by atoms with van der Waals surface area (Å²) in [7, 11) is 0. The predicted molar refractivity (Wildman–Crippen MR) is 86.4 cm³/mol. The maximum absolute atomic E-state index is 12.9. The SMILES string of the molecule is CCCn1c(SCc2ccc([N+](=O)[O-])cc2)nc(C(F)(F)F)cc1=O. The number of hydrogen-bond donors (Lipinski definition) is 0. The van der Waals surface area contributed by atoms with Crippen LogP contribution in [-0.2, 0) is 18.5 Å². The Balaban J connectivity index is 2.28. The molecule has 1 heterocycles. The summed E-state index contributed by atoms with van der Waals surface area (Å²) >= 11 is 0.981. The lowest BCUT2D eigenvalue weighted by Gasteiger charge is -2.13. The molecule has 0 aliphatic heterocycles. The number of hydrogen-bond acceptors (Lipinski definition) is 5. The molecule has 10 heteroatoms. The highest BCUT2D eigenvalue weighted by Crippen LogP contribution is 2.29. The number of alkyl halides is 3. The molecule has 0 spiro atoms. The van der Waals surface area contributed by atoms with E-state index in [0.29, 0.717) is 18.1 Å². The number of thioether (sulfide) groups is 1. The minimum atomic E-state index is -4.70.